The van der Waals surface area contributed by atoms with Crippen LogP contribution in [0.3, 0.4) is 0 Å². The zero-order chi connectivity index (χ0) is 12.2. The highest BCUT2D eigenvalue weighted by atomic mass is 32.2. The first kappa shape index (κ1) is 13.2. The van der Waals surface area contributed by atoms with Gasteiger partial charge in [-0.05, 0) is 29.9 Å². The van der Waals surface area contributed by atoms with Gasteiger partial charge in [-0.1, -0.05) is 38.1 Å². The molecule has 0 aliphatic carbocycles. The Labute approximate surface area is 98.6 Å². The van der Waals surface area contributed by atoms with Crippen LogP contribution in [0.1, 0.15) is 25.0 Å². The monoisotopic (exact) mass is 240 g/mol. The number of aryl methyl sites for hydroxylation is 1. The average molecular weight is 240 g/mol. The van der Waals surface area contributed by atoms with Gasteiger partial charge in [-0.3, -0.25) is 0 Å². The Morgan fingerprint density at radius 1 is 1.19 bits per heavy atom. The molecule has 0 radical (unpaired) electrons. The third kappa shape index (κ3) is 5.31. The van der Waals surface area contributed by atoms with E-state index in [-0.39, 0.29) is 5.75 Å². The molecule has 0 saturated carbocycles. The van der Waals surface area contributed by atoms with Crippen LogP contribution in [0.4, 0.5) is 0 Å². The van der Waals surface area contributed by atoms with Crippen LogP contribution in [0.5, 0.6) is 0 Å². The van der Waals surface area contributed by atoms with Crippen LogP contribution < -0.4 is 0 Å². The fourth-order valence-electron chi connectivity index (χ4n) is 1.69. The van der Waals surface area contributed by atoms with Crippen LogP contribution in [0, 0.1) is 5.92 Å². The van der Waals surface area contributed by atoms with Crippen LogP contribution in [-0.2, 0) is 22.7 Å². The lowest BCUT2D eigenvalue weighted by Gasteiger charge is -2.07. The van der Waals surface area contributed by atoms with Crippen LogP contribution >= 0.6 is 0 Å². The highest BCUT2D eigenvalue weighted by molar-refractivity contribution is 7.90. The summed E-state index contributed by atoms with van der Waals surface area (Å²) < 4.78 is 22.1. The normalized spacial score (nSPS) is 12.0. The molecule has 0 aliphatic heterocycles. The highest BCUT2D eigenvalue weighted by Gasteiger charge is 2.04. The summed E-state index contributed by atoms with van der Waals surface area (Å²) in [6.45, 7) is 4.37. The van der Waals surface area contributed by atoms with Crippen LogP contribution in [-0.4, -0.2) is 20.4 Å². The van der Waals surface area contributed by atoms with Gasteiger partial charge >= 0.3 is 0 Å². The van der Waals surface area contributed by atoms with Crippen molar-refractivity contribution in [1.29, 1.82) is 0 Å². The maximum Gasteiger partial charge on any atom is 0.147 e. The molecule has 3 heteroatoms. The molecule has 0 saturated heterocycles. The summed E-state index contributed by atoms with van der Waals surface area (Å²) in [6.07, 6.45) is 2.95. The molecule has 0 N–H and O–H groups in total. The number of sulfone groups is 1. The van der Waals surface area contributed by atoms with Crippen LogP contribution in [0.2, 0.25) is 0 Å². The van der Waals surface area contributed by atoms with Gasteiger partial charge < -0.3 is 0 Å². The number of hydrogen-bond acceptors (Lipinski definition) is 2. The fourth-order valence-corrected chi connectivity index (χ4v) is 2.29. The van der Waals surface area contributed by atoms with Gasteiger partial charge in [-0.25, -0.2) is 8.42 Å². The van der Waals surface area contributed by atoms with Crippen molar-refractivity contribution in [3.63, 3.8) is 0 Å². The third-order valence-corrected chi connectivity index (χ3v) is 3.34. The molecule has 0 spiro atoms. The second-order valence-corrected chi connectivity index (χ2v) is 7.06. The predicted octanol–water partition coefficient (Wildman–Crippen LogP) is 2.47. The SMILES string of the molecule is CC(C)Cc1cccc(CCS(C)(=O)=O)c1. The molecule has 16 heavy (non-hydrogen) atoms. The molecule has 0 heterocycles. The van der Waals surface area contributed by atoms with Gasteiger partial charge in [-0.15, -0.1) is 0 Å². The van der Waals surface area contributed by atoms with Gasteiger partial charge in [0.2, 0.25) is 0 Å². The van der Waals surface area contributed by atoms with Crippen molar-refractivity contribution in [1.82, 2.24) is 0 Å². The van der Waals surface area contributed by atoms with Crippen molar-refractivity contribution < 1.29 is 8.42 Å². The van der Waals surface area contributed by atoms with Gasteiger partial charge in [-0.2, -0.15) is 0 Å². The van der Waals surface area contributed by atoms with Crippen molar-refractivity contribution in [3.8, 4) is 0 Å². The summed E-state index contributed by atoms with van der Waals surface area (Å²) in [6, 6.07) is 8.22. The Kier molecular flexibility index (Phi) is 4.54. The molecular formula is C13H20O2S. The summed E-state index contributed by atoms with van der Waals surface area (Å²) in [7, 11) is -2.86. The van der Waals surface area contributed by atoms with Crippen molar-refractivity contribution in [3.05, 3.63) is 35.4 Å². The number of hydrogen-bond donors (Lipinski definition) is 0. The first-order valence-electron chi connectivity index (χ1n) is 5.62. The maximum atomic E-state index is 11.1. The predicted molar refractivity (Wildman–Crippen MR) is 68.4 cm³/mol. The Balaban J connectivity index is 2.67. The lowest BCUT2D eigenvalue weighted by atomic mass is 10.0. The van der Waals surface area contributed by atoms with E-state index >= 15 is 0 Å². The minimum absolute atomic E-state index is 0.234. The van der Waals surface area contributed by atoms with Gasteiger partial charge in [0, 0.05) is 6.26 Å². The lowest BCUT2D eigenvalue weighted by Crippen LogP contribution is -2.06. The molecular weight excluding hydrogens is 220 g/mol. The molecule has 1 aromatic rings. The van der Waals surface area contributed by atoms with E-state index in [4.69, 9.17) is 0 Å². The maximum absolute atomic E-state index is 11.1. The largest absolute Gasteiger partial charge is 0.229 e. The summed E-state index contributed by atoms with van der Waals surface area (Å²) in [5.41, 5.74) is 2.41. The minimum atomic E-state index is -2.86. The Hall–Kier alpha value is -0.830. The van der Waals surface area contributed by atoms with Crippen molar-refractivity contribution >= 4 is 9.84 Å². The highest BCUT2D eigenvalue weighted by Crippen LogP contribution is 2.11. The van der Waals surface area contributed by atoms with Gasteiger partial charge in [0.1, 0.15) is 9.84 Å². The number of rotatable bonds is 5. The Morgan fingerprint density at radius 2 is 1.81 bits per heavy atom. The van der Waals surface area contributed by atoms with E-state index in [1.807, 2.05) is 12.1 Å². The summed E-state index contributed by atoms with van der Waals surface area (Å²) >= 11 is 0. The van der Waals surface area contributed by atoms with Crippen LogP contribution in [0.25, 0.3) is 0 Å². The summed E-state index contributed by atoms with van der Waals surface area (Å²) in [5.74, 6) is 0.864. The molecule has 0 atom stereocenters. The first-order chi connectivity index (χ1) is 7.37. The third-order valence-electron chi connectivity index (χ3n) is 2.40. The van der Waals surface area contributed by atoms with E-state index in [0.717, 1.165) is 12.0 Å². The van der Waals surface area contributed by atoms with Gasteiger partial charge in [0.25, 0.3) is 0 Å². The van der Waals surface area contributed by atoms with E-state index in [2.05, 4.69) is 26.0 Å². The minimum Gasteiger partial charge on any atom is -0.229 e. The molecule has 1 rings (SSSR count). The quantitative estimate of drug-likeness (QED) is 0.792. The molecule has 1 aromatic carbocycles. The first-order valence-corrected chi connectivity index (χ1v) is 7.68. The topological polar surface area (TPSA) is 34.1 Å². The molecule has 0 aliphatic rings. The smallest absolute Gasteiger partial charge is 0.147 e. The van der Waals surface area contributed by atoms with E-state index in [0.29, 0.717) is 12.3 Å². The second-order valence-electron chi connectivity index (χ2n) is 4.80. The van der Waals surface area contributed by atoms with Crippen molar-refractivity contribution in [2.24, 2.45) is 5.92 Å². The molecule has 2 nitrogen and oxygen atoms in total. The van der Waals surface area contributed by atoms with Crippen molar-refractivity contribution in [2.45, 2.75) is 26.7 Å². The zero-order valence-electron chi connectivity index (χ0n) is 10.2. The molecule has 90 valence electrons. The van der Waals surface area contributed by atoms with E-state index in [1.165, 1.54) is 11.8 Å². The zero-order valence-corrected chi connectivity index (χ0v) is 11.0. The second kappa shape index (κ2) is 5.48. The lowest BCUT2D eigenvalue weighted by molar-refractivity contribution is 0.601. The summed E-state index contributed by atoms with van der Waals surface area (Å²) in [5, 5.41) is 0. The van der Waals surface area contributed by atoms with E-state index in [9.17, 15) is 8.42 Å². The molecule has 0 aromatic heterocycles. The Bertz CT molecular complexity index is 433. The summed E-state index contributed by atoms with van der Waals surface area (Å²) in [4.78, 5) is 0. The van der Waals surface area contributed by atoms with Gasteiger partial charge in [0.05, 0.1) is 5.75 Å². The van der Waals surface area contributed by atoms with E-state index in [1.54, 1.807) is 0 Å². The fraction of sp³-hybridized carbons (Fsp3) is 0.538. The molecule has 0 bridgehead atoms. The Morgan fingerprint density at radius 3 is 2.38 bits per heavy atom. The van der Waals surface area contributed by atoms with E-state index < -0.39 is 9.84 Å². The van der Waals surface area contributed by atoms with Gasteiger partial charge in [0.15, 0.2) is 0 Å². The van der Waals surface area contributed by atoms with Crippen LogP contribution in [0.15, 0.2) is 24.3 Å². The molecule has 0 unspecified atom stereocenters. The standard InChI is InChI=1S/C13H20O2S/c1-11(2)9-13-6-4-5-12(10-13)7-8-16(3,14)15/h4-6,10-11H,7-9H2,1-3H3. The average Bonchev–Trinajstić information content (AvgIpc) is 2.13. The molecule has 0 amide bonds. The number of benzene rings is 1. The van der Waals surface area contributed by atoms with Crippen molar-refractivity contribution in [2.75, 3.05) is 12.0 Å². The molecule has 0 fully saturated rings.